The van der Waals surface area contributed by atoms with Crippen molar-refractivity contribution in [3.8, 4) is 0 Å². The molecule has 10 heteroatoms. The molecular formula is C17H23F2N3O4S. The molecule has 27 heavy (non-hydrogen) atoms. The molecule has 0 bridgehead atoms. The number of benzene rings is 1. The lowest BCUT2D eigenvalue weighted by Crippen LogP contribution is -2.52. The molecule has 1 amide bonds. The van der Waals surface area contributed by atoms with Gasteiger partial charge in [0.1, 0.15) is 0 Å². The minimum atomic E-state index is -4.68. The van der Waals surface area contributed by atoms with Crippen LogP contribution in [0.4, 0.5) is 14.5 Å². The second-order valence-electron chi connectivity index (χ2n) is 6.53. The molecule has 0 aliphatic carbocycles. The summed E-state index contributed by atoms with van der Waals surface area (Å²) >= 11 is 0. The summed E-state index contributed by atoms with van der Waals surface area (Å²) in [4.78, 5) is 17.6. The van der Waals surface area contributed by atoms with Crippen LogP contribution in [0, 0.1) is 0 Å². The largest absolute Gasteiger partial charge is 0.379 e. The van der Waals surface area contributed by atoms with E-state index >= 15 is 0 Å². The number of hydrogen-bond acceptors (Lipinski definition) is 6. The van der Waals surface area contributed by atoms with Crippen LogP contribution in [-0.4, -0.2) is 88.9 Å². The molecule has 0 radical (unpaired) electrons. The maximum absolute atomic E-state index is 13.0. The molecular weight excluding hydrogens is 380 g/mol. The molecule has 1 aromatic carbocycles. The van der Waals surface area contributed by atoms with Crippen LogP contribution >= 0.6 is 0 Å². The van der Waals surface area contributed by atoms with Gasteiger partial charge in [-0.1, -0.05) is 12.1 Å². The molecule has 0 saturated carbocycles. The van der Waals surface area contributed by atoms with Gasteiger partial charge in [-0.05, 0) is 12.1 Å². The van der Waals surface area contributed by atoms with Gasteiger partial charge in [-0.3, -0.25) is 9.69 Å². The van der Waals surface area contributed by atoms with Crippen LogP contribution in [0.3, 0.4) is 0 Å². The summed E-state index contributed by atoms with van der Waals surface area (Å²) in [6.07, 6.45) is 0. The van der Waals surface area contributed by atoms with Crippen LogP contribution in [0.15, 0.2) is 29.2 Å². The maximum atomic E-state index is 13.0. The molecule has 3 rings (SSSR count). The maximum Gasteiger partial charge on any atom is 0.341 e. The van der Waals surface area contributed by atoms with Crippen molar-refractivity contribution in [2.45, 2.75) is 10.7 Å². The number of para-hydroxylation sites is 1. The van der Waals surface area contributed by atoms with Crippen LogP contribution in [0.5, 0.6) is 0 Å². The smallest absolute Gasteiger partial charge is 0.341 e. The number of rotatable bonds is 5. The first-order chi connectivity index (χ1) is 12.9. The zero-order chi connectivity index (χ0) is 19.4. The molecule has 1 aromatic rings. The number of carbonyl (C=O) groups excluding carboxylic acids is 1. The third kappa shape index (κ3) is 4.56. The average Bonchev–Trinajstić information content (AvgIpc) is 2.69. The summed E-state index contributed by atoms with van der Waals surface area (Å²) in [6, 6.07) is 5.78. The van der Waals surface area contributed by atoms with Crippen molar-refractivity contribution in [3.63, 3.8) is 0 Å². The summed E-state index contributed by atoms with van der Waals surface area (Å²) in [5, 5.41) is 0. The second-order valence-corrected chi connectivity index (χ2v) is 8.42. The standard InChI is InChI=1S/C17H23F2N3O4S/c18-17(19)27(24,25)15-4-2-1-3-14(15)21-5-7-22(8-6-21)16(23)13-20-9-11-26-12-10-20/h1-4,17H,5-13H2. The fourth-order valence-electron chi connectivity index (χ4n) is 3.30. The van der Waals surface area contributed by atoms with E-state index in [1.54, 1.807) is 15.9 Å². The van der Waals surface area contributed by atoms with Crippen molar-refractivity contribution >= 4 is 21.4 Å². The van der Waals surface area contributed by atoms with Gasteiger partial charge in [-0.2, -0.15) is 8.78 Å². The number of carbonyl (C=O) groups is 1. The second kappa shape index (κ2) is 8.49. The van der Waals surface area contributed by atoms with Crippen molar-refractivity contribution in [3.05, 3.63) is 24.3 Å². The topological polar surface area (TPSA) is 70.2 Å². The van der Waals surface area contributed by atoms with Crippen LogP contribution < -0.4 is 4.90 Å². The third-order valence-electron chi connectivity index (χ3n) is 4.84. The molecule has 150 valence electrons. The first-order valence-electron chi connectivity index (χ1n) is 8.83. The number of amides is 1. The quantitative estimate of drug-likeness (QED) is 0.720. The number of sulfone groups is 1. The molecule has 2 aliphatic rings. The zero-order valence-corrected chi connectivity index (χ0v) is 15.7. The highest BCUT2D eigenvalue weighted by Gasteiger charge is 2.32. The Bertz CT molecular complexity index is 761. The Morgan fingerprint density at radius 2 is 1.67 bits per heavy atom. The van der Waals surface area contributed by atoms with Crippen LogP contribution in [0.1, 0.15) is 0 Å². The van der Waals surface area contributed by atoms with Crippen molar-refractivity contribution < 1.29 is 26.7 Å². The van der Waals surface area contributed by atoms with Gasteiger partial charge in [0.25, 0.3) is 0 Å². The number of hydrogen-bond donors (Lipinski definition) is 0. The van der Waals surface area contributed by atoms with Gasteiger partial charge in [-0.25, -0.2) is 8.42 Å². The number of nitrogens with zero attached hydrogens (tertiary/aromatic N) is 3. The highest BCUT2D eigenvalue weighted by atomic mass is 32.2. The van der Waals surface area contributed by atoms with E-state index in [2.05, 4.69) is 0 Å². The predicted octanol–water partition coefficient (Wildman–Crippen LogP) is 0.664. The first-order valence-corrected chi connectivity index (χ1v) is 10.4. The van der Waals surface area contributed by atoms with Gasteiger partial charge >= 0.3 is 5.76 Å². The van der Waals surface area contributed by atoms with E-state index in [0.29, 0.717) is 45.9 Å². The Hall–Kier alpha value is -1.78. The van der Waals surface area contributed by atoms with Gasteiger partial charge < -0.3 is 14.5 Å². The number of alkyl halides is 2. The molecule has 0 unspecified atom stereocenters. The highest BCUT2D eigenvalue weighted by molar-refractivity contribution is 7.91. The average molecular weight is 403 g/mol. The lowest BCUT2D eigenvalue weighted by molar-refractivity contribution is -0.133. The van der Waals surface area contributed by atoms with Gasteiger partial charge in [0.05, 0.1) is 30.3 Å². The number of halogens is 2. The Balaban J connectivity index is 1.63. The minimum Gasteiger partial charge on any atom is -0.379 e. The lowest BCUT2D eigenvalue weighted by Gasteiger charge is -2.38. The molecule has 2 saturated heterocycles. The minimum absolute atomic E-state index is 0.0186. The van der Waals surface area contributed by atoms with Crippen molar-refractivity contribution in [1.82, 2.24) is 9.80 Å². The zero-order valence-electron chi connectivity index (χ0n) is 14.9. The van der Waals surface area contributed by atoms with Crippen LogP contribution in [0.25, 0.3) is 0 Å². The summed E-state index contributed by atoms with van der Waals surface area (Å²) < 4.78 is 55.1. The Morgan fingerprint density at radius 3 is 2.30 bits per heavy atom. The summed E-state index contributed by atoms with van der Waals surface area (Å²) in [5.41, 5.74) is 0.262. The van der Waals surface area contributed by atoms with Crippen molar-refractivity contribution in [2.75, 3.05) is 63.9 Å². The van der Waals surface area contributed by atoms with E-state index in [1.165, 1.54) is 18.2 Å². The fourth-order valence-corrected chi connectivity index (χ4v) is 4.25. The first kappa shape index (κ1) is 20.0. The van der Waals surface area contributed by atoms with E-state index in [9.17, 15) is 22.0 Å². The van der Waals surface area contributed by atoms with E-state index in [4.69, 9.17) is 4.74 Å². The fraction of sp³-hybridized carbons (Fsp3) is 0.588. The number of anilines is 1. The Morgan fingerprint density at radius 1 is 1.04 bits per heavy atom. The molecule has 2 fully saturated rings. The SMILES string of the molecule is O=C(CN1CCOCC1)N1CCN(c2ccccc2S(=O)(=O)C(F)F)CC1. The predicted molar refractivity (Wildman–Crippen MR) is 95.7 cm³/mol. The van der Waals surface area contributed by atoms with Gasteiger partial charge in [0, 0.05) is 39.3 Å². The Kier molecular flexibility index (Phi) is 6.28. The van der Waals surface area contributed by atoms with Gasteiger partial charge in [0.2, 0.25) is 15.7 Å². The highest BCUT2D eigenvalue weighted by Crippen LogP contribution is 2.29. The van der Waals surface area contributed by atoms with E-state index in [-0.39, 0.29) is 16.5 Å². The molecule has 2 aliphatic heterocycles. The van der Waals surface area contributed by atoms with E-state index < -0.39 is 15.6 Å². The summed E-state index contributed by atoms with van der Waals surface area (Å²) in [5.74, 6) is -3.44. The number of morpholine rings is 1. The van der Waals surface area contributed by atoms with Crippen molar-refractivity contribution in [2.24, 2.45) is 0 Å². The molecule has 0 spiro atoms. The summed E-state index contributed by atoms with van der Waals surface area (Å²) in [6.45, 7) is 4.66. The Labute approximate surface area is 157 Å². The van der Waals surface area contributed by atoms with Crippen LogP contribution in [0.2, 0.25) is 0 Å². The van der Waals surface area contributed by atoms with Crippen LogP contribution in [-0.2, 0) is 19.4 Å². The molecule has 0 N–H and O–H groups in total. The molecule has 0 atom stereocenters. The van der Waals surface area contributed by atoms with Gasteiger partial charge in [-0.15, -0.1) is 0 Å². The molecule has 2 heterocycles. The number of ether oxygens (including phenoxy) is 1. The third-order valence-corrected chi connectivity index (χ3v) is 6.27. The van der Waals surface area contributed by atoms with E-state index in [1.807, 2.05) is 4.90 Å². The van der Waals surface area contributed by atoms with E-state index in [0.717, 1.165) is 13.1 Å². The molecule has 7 nitrogen and oxygen atoms in total. The van der Waals surface area contributed by atoms with Crippen molar-refractivity contribution in [1.29, 1.82) is 0 Å². The number of piperazine rings is 1. The van der Waals surface area contributed by atoms with Gasteiger partial charge in [0.15, 0.2) is 0 Å². The monoisotopic (exact) mass is 403 g/mol. The normalized spacial score (nSPS) is 19.5. The lowest BCUT2D eigenvalue weighted by atomic mass is 10.2. The summed E-state index contributed by atoms with van der Waals surface area (Å²) in [7, 11) is -4.68. The molecule has 0 aromatic heterocycles.